The van der Waals surface area contributed by atoms with Crippen LogP contribution in [0, 0.1) is 0 Å². The largest absolute Gasteiger partial charge is 0.493 e. The fourth-order valence-corrected chi connectivity index (χ4v) is 1.85. The smallest absolute Gasteiger partial charge is 0.307 e. The third-order valence-corrected chi connectivity index (χ3v) is 2.82. The van der Waals surface area contributed by atoms with Gasteiger partial charge in [0.25, 0.3) is 0 Å². The zero-order valence-corrected chi connectivity index (χ0v) is 11.2. The Morgan fingerprint density at radius 2 is 1.80 bits per heavy atom. The van der Waals surface area contributed by atoms with Gasteiger partial charge in [-0.1, -0.05) is 36.4 Å². The number of benzene rings is 2. The van der Waals surface area contributed by atoms with Gasteiger partial charge in [-0.25, -0.2) is 0 Å². The minimum absolute atomic E-state index is 0.0324. The van der Waals surface area contributed by atoms with Gasteiger partial charge < -0.3 is 14.6 Å². The molecular weight excluding hydrogens is 256 g/mol. The quantitative estimate of drug-likeness (QED) is 0.878. The lowest BCUT2D eigenvalue weighted by molar-refractivity contribution is -0.136. The number of carboxylic acids is 1. The molecule has 0 amide bonds. The Balaban J connectivity index is 2.09. The lowest BCUT2D eigenvalue weighted by Gasteiger charge is -2.11. The highest BCUT2D eigenvalue weighted by molar-refractivity contribution is 5.70. The third-order valence-electron chi connectivity index (χ3n) is 2.82. The van der Waals surface area contributed by atoms with Crippen LogP contribution in [0.3, 0.4) is 0 Å². The Morgan fingerprint density at radius 1 is 1.05 bits per heavy atom. The van der Waals surface area contributed by atoms with Crippen LogP contribution in [0.4, 0.5) is 0 Å². The van der Waals surface area contributed by atoms with Gasteiger partial charge in [-0.05, 0) is 23.3 Å². The van der Waals surface area contributed by atoms with Crippen molar-refractivity contribution in [1.82, 2.24) is 0 Å². The Labute approximate surface area is 117 Å². The predicted octanol–water partition coefficient (Wildman–Crippen LogP) is 2.90. The van der Waals surface area contributed by atoms with E-state index in [1.165, 1.54) is 7.11 Å². The summed E-state index contributed by atoms with van der Waals surface area (Å²) in [4.78, 5) is 10.7. The first-order valence-electron chi connectivity index (χ1n) is 6.24. The van der Waals surface area contributed by atoms with Crippen LogP contribution in [0.15, 0.2) is 48.5 Å². The third kappa shape index (κ3) is 3.75. The van der Waals surface area contributed by atoms with E-state index in [0.717, 1.165) is 5.56 Å². The van der Waals surface area contributed by atoms with Crippen molar-refractivity contribution in [3.05, 3.63) is 59.7 Å². The molecule has 0 saturated heterocycles. The van der Waals surface area contributed by atoms with Crippen LogP contribution in [-0.2, 0) is 17.8 Å². The molecule has 0 aliphatic heterocycles. The van der Waals surface area contributed by atoms with E-state index in [2.05, 4.69) is 0 Å². The highest BCUT2D eigenvalue weighted by Crippen LogP contribution is 2.29. The summed E-state index contributed by atoms with van der Waals surface area (Å²) >= 11 is 0. The molecule has 0 spiro atoms. The van der Waals surface area contributed by atoms with E-state index in [0.29, 0.717) is 23.7 Å². The second kappa shape index (κ2) is 6.61. The molecule has 104 valence electrons. The highest BCUT2D eigenvalue weighted by Gasteiger charge is 2.08. The first-order chi connectivity index (χ1) is 9.69. The summed E-state index contributed by atoms with van der Waals surface area (Å²) in [6.07, 6.45) is -0.0324. The Kier molecular flexibility index (Phi) is 4.60. The van der Waals surface area contributed by atoms with E-state index in [1.54, 1.807) is 18.2 Å². The van der Waals surface area contributed by atoms with Gasteiger partial charge in [0.2, 0.25) is 0 Å². The van der Waals surface area contributed by atoms with Gasteiger partial charge in [-0.2, -0.15) is 0 Å². The second-order valence-corrected chi connectivity index (χ2v) is 4.33. The van der Waals surface area contributed by atoms with Crippen LogP contribution in [-0.4, -0.2) is 18.2 Å². The van der Waals surface area contributed by atoms with Crippen LogP contribution >= 0.6 is 0 Å². The molecule has 0 aliphatic carbocycles. The lowest BCUT2D eigenvalue weighted by atomic mass is 10.1. The Morgan fingerprint density at radius 3 is 2.45 bits per heavy atom. The molecule has 0 aliphatic rings. The first kappa shape index (κ1) is 13.9. The maximum Gasteiger partial charge on any atom is 0.307 e. The summed E-state index contributed by atoms with van der Waals surface area (Å²) in [6.45, 7) is 0.440. The fourth-order valence-electron chi connectivity index (χ4n) is 1.85. The van der Waals surface area contributed by atoms with Gasteiger partial charge in [0.15, 0.2) is 11.5 Å². The van der Waals surface area contributed by atoms with Crippen LogP contribution in [0.2, 0.25) is 0 Å². The standard InChI is InChI=1S/C16H16O4/c1-19-15-9-13(10-16(17)18)7-8-14(15)20-11-12-5-3-2-4-6-12/h2-9H,10-11H2,1H3,(H,17,18). The molecule has 0 radical (unpaired) electrons. The molecule has 4 heteroatoms. The molecule has 0 aromatic heterocycles. The van der Waals surface area contributed by atoms with Gasteiger partial charge in [-0.3, -0.25) is 4.79 Å². The molecule has 2 aromatic rings. The molecule has 2 rings (SSSR count). The SMILES string of the molecule is COc1cc(CC(=O)O)ccc1OCc1ccccc1. The lowest BCUT2D eigenvalue weighted by Crippen LogP contribution is -2.02. The molecule has 4 nitrogen and oxygen atoms in total. The van der Waals surface area contributed by atoms with Gasteiger partial charge in [0, 0.05) is 0 Å². The maximum absolute atomic E-state index is 10.7. The van der Waals surface area contributed by atoms with Gasteiger partial charge in [-0.15, -0.1) is 0 Å². The summed E-state index contributed by atoms with van der Waals surface area (Å²) in [5.41, 5.74) is 1.74. The number of ether oxygens (including phenoxy) is 2. The maximum atomic E-state index is 10.7. The summed E-state index contributed by atoms with van der Waals surface area (Å²) in [6, 6.07) is 15.0. The Bertz CT molecular complexity index is 578. The fraction of sp³-hybridized carbons (Fsp3) is 0.188. The van der Waals surface area contributed by atoms with Crippen molar-refractivity contribution in [3.8, 4) is 11.5 Å². The van der Waals surface area contributed by atoms with Crippen molar-refractivity contribution in [3.63, 3.8) is 0 Å². The molecule has 0 atom stereocenters. The number of carboxylic acid groups (broad SMARTS) is 1. The number of rotatable bonds is 6. The minimum Gasteiger partial charge on any atom is -0.493 e. The van der Waals surface area contributed by atoms with Crippen molar-refractivity contribution in [1.29, 1.82) is 0 Å². The monoisotopic (exact) mass is 272 g/mol. The number of aliphatic carboxylic acids is 1. The normalized spacial score (nSPS) is 10.1. The van der Waals surface area contributed by atoms with Gasteiger partial charge in [0.1, 0.15) is 6.61 Å². The van der Waals surface area contributed by atoms with Crippen LogP contribution in [0.25, 0.3) is 0 Å². The van der Waals surface area contributed by atoms with Gasteiger partial charge in [0.05, 0.1) is 13.5 Å². The molecule has 0 heterocycles. The molecule has 0 unspecified atom stereocenters. The summed E-state index contributed by atoms with van der Waals surface area (Å²) in [5.74, 6) is 0.273. The topological polar surface area (TPSA) is 55.8 Å². The summed E-state index contributed by atoms with van der Waals surface area (Å²) < 4.78 is 10.9. The number of methoxy groups -OCH3 is 1. The zero-order valence-electron chi connectivity index (χ0n) is 11.2. The van der Waals surface area contributed by atoms with Crippen molar-refractivity contribution < 1.29 is 19.4 Å². The number of hydrogen-bond acceptors (Lipinski definition) is 3. The molecule has 0 fully saturated rings. The predicted molar refractivity (Wildman–Crippen MR) is 75.1 cm³/mol. The second-order valence-electron chi connectivity index (χ2n) is 4.33. The van der Waals surface area contributed by atoms with Crippen LogP contribution < -0.4 is 9.47 Å². The molecule has 0 bridgehead atoms. The number of hydrogen-bond donors (Lipinski definition) is 1. The molecule has 20 heavy (non-hydrogen) atoms. The van der Waals surface area contributed by atoms with E-state index in [1.807, 2.05) is 30.3 Å². The van der Waals surface area contributed by atoms with Crippen molar-refractivity contribution >= 4 is 5.97 Å². The van der Waals surface area contributed by atoms with Crippen molar-refractivity contribution in [2.45, 2.75) is 13.0 Å². The number of carbonyl (C=O) groups is 1. The first-order valence-corrected chi connectivity index (χ1v) is 6.24. The van der Waals surface area contributed by atoms with E-state index in [-0.39, 0.29) is 6.42 Å². The summed E-state index contributed by atoms with van der Waals surface area (Å²) in [5, 5.41) is 8.78. The van der Waals surface area contributed by atoms with Gasteiger partial charge >= 0.3 is 5.97 Å². The average molecular weight is 272 g/mol. The van der Waals surface area contributed by atoms with Crippen molar-refractivity contribution in [2.75, 3.05) is 7.11 Å². The van der Waals surface area contributed by atoms with E-state index < -0.39 is 5.97 Å². The van der Waals surface area contributed by atoms with E-state index in [9.17, 15) is 4.79 Å². The van der Waals surface area contributed by atoms with Crippen LogP contribution in [0.5, 0.6) is 11.5 Å². The highest BCUT2D eigenvalue weighted by atomic mass is 16.5. The molecule has 1 N–H and O–H groups in total. The summed E-state index contributed by atoms with van der Waals surface area (Å²) in [7, 11) is 1.54. The van der Waals surface area contributed by atoms with E-state index >= 15 is 0 Å². The molecular formula is C16H16O4. The van der Waals surface area contributed by atoms with E-state index in [4.69, 9.17) is 14.6 Å². The Hall–Kier alpha value is -2.49. The van der Waals surface area contributed by atoms with Crippen molar-refractivity contribution in [2.24, 2.45) is 0 Å². The average Bonchev–Trinajstić information content (AvgIpc) is 2.46. The minimum atomic E-state index is -0.870. The molecule has 0 saturated carbocycles. The zero-order chi connectivity index (χ0) is 14.4. The molecule has 2 aromatic carbocycles. The van der Waals surface area contributed by atoms with Crippen LogP contribution in [0.1, 0.15) is 11.1 Å².